The van der Waals surface area contributed by atoms with E-state index in [0.717, 1.165) is 31.2 Å². The Balaban J connectivity index is 2.42. The molecule has 0 radical (unpaired) electrons. The summed E-state index contributed by atoms with van der Waals surface area (Å²) in [7, 11) is 0. The molecule has 2 aromatic heterocycles. The molecule has 0 aliphatic rings. The van der Waals surface area contributed by atoms with E-state index in [0.29, 0.717) is 0 Å². The molecule has 0 saturated carbocycles. The van der Waals surface area contributed by atoms with Crippen molar-refractivity contribution in [3.05, 3.63) is 46.6 Å². The van der Waals surface area contributed by atoms with Crippen LogP contribution in [0.5, 0.6) is 0 Å². The highest BCUT2D eigenvalue weighted by Crippen LogP contribution is 2.35. The number of rotatable bonds is 0. The van der Waals surface area contributed by atoms with Gasteiger partial charge in [-0.3, -0.25) is 9.89 Å². The molecular formula is C13H9N3OS. The van der Waals surface area contributed by atoms with E-state index < -0.39 is 0 Å². The smallest absolute Gasteiger partial charge is 0.180 e. The summed E-state index contributed by atoms with van der Waals surface area (Å²) in [4.78, 5) is 13.0. The van der Waals surface area contributed by atoms with E-state index in [1.807, 2.05) is 24.3 Å². The third-order valence-electron chi connectivity index (χ3n) is 3.19. The second-order valence-corrected chi connectivity index (χ2v) is 5.35. The molecule has 0 saturated heterocycles. The van der Waals surface area contributed by atoms with Gasteiger partial charge in [0.15, 0.2) is 5.43 Å². The number of hydrogen-bond acceptors (Lipinski definition) is 3. The van der Waals surface area contributed by atoms with Crippen molar-refractivity contribution in [3.63, 3.8) is 0 Å². The average Bonchev–Trinajstić information content (AvgIpc) is 2.69. The third-order valence-corrected chi connectivity index (χ3v) is 4.31. The molecule has 4 rings (SSSR count). The molecule has 0 bridgehead atoms. The van der Waals surface area contributed by atoms with Gasteiger partial charge >= 0.3 is 0 Å². The Morgan fingerprint density at radius 1 is 1.17 bits per heavy atom. The van der Waals surface area contributed by atoms with Crippen molar-refractivity contribution in [1.82, 2.24) is 9.89 Å². The molecule has 0 spiro atoms. The number of H-pyrrole nitrogens is 1. The number of nitrogens with two attached hydrogens (primary N) is 1. The van der Waals surface area contributed by atoms with Crippen molar-refractivity contribution in [1.29, 1.82) is 0 Å². The molecule has 4 nitrogen and oxygen atoms in total. The number of aromatic nitrogens is 2. The van der Waals surface area contributed by atoms with E-state index in [-0.39, 0.29) is 5.43 Å². The van der Waals surface area contributed by atoms with Crippen LogP contribution in [0, 0.1) is 0 Å². The van der Waals surface area contributed by atoms with Crippen LogP contribution >= 0.6 is 11.3 Å². The fourth-order valence-corrected chi connectivity index (χ4v) is 3.55. The molecule has 3 N–H and O–H groups in total. The quantitative estimate of drug-likeness (QED) is 0.374. The zero-order valence-corrected chi connectivity index (χ0v) is 10.1. The van der Waals surface area contributed by atoms with E-state index in [1.54, 1.807) is 23.5 Å². The Bertz CT molecular complexity index is 961. The minimum absolute atomic E-state index is 0.0315. The number of hydrogen-bond donors (Lipinski definition) is 2. The molecule has 88 valence electrons. The van der Waals surface area contributed by atoms with Crippen LogP contribution in [0.4, 0.5) is 0 Å². The number of aromatic amines is 1. The molecule has 2 aromatic carbocycles. The Morgan fingerprint density at radius 3 is 2.94 bits per heavy atom. The molecule has 5 heteroatoms. The maximum atomic E-state index is 11.4. The predicted octanol–water partition coefficient (Wildman–Crippen LogP) is 2.41. The van der Waals surface area contributed by atoms with Crippen LogP contribution in [-0.2, 0) is 0 Å². The van der Waals surface area contributed by atoms with Gasteiger partial charge < -0.3 is 5.84 Å². The monoisotopic (exact) mass is 255 g/mol. The van der Waals surface area contributed by atoms with Crippen LogP contribution in [0.1, 0.15) is 0 Å². The summed E-state index contributed by atoms with van der Waals surface area (Å²) < 4.78 is 2.10. The van der Waals surface area contributed by atoms with E-state index >= 15 is 0 Å². The molecule has 0 fully saturated rings. The molecule has 0 aliphatic heterocycles. The fourth-order valence-electron chi connectivity index (χ4n) is 2.40. The number of fused-ring (bicyclic) bond motifs is 2. The molecule has 18 heavy (non-hydrogen) atoms. The molecule has 0 aliphatic carbocycles. The first-order chi connectivity index (χ1) is 8.74. The minimum atomic E-state index is 0.0315. The summed E-state index contributed by atoms with van der Waals surface area (Å²) in [5.41, 5.74) is 1.98. The van der Waals surface area contributed by atoms with Gasteiger partial charge in [-0.25, -0.2) is 4.79 Å². The molecule has 0 amide bonds. The molecule has 2 heterocycles. The Morgan fingerprint density at radius 2 is 2.06 bits per heavy atom. The highest BCUT2D eigenvalue weighted by molar-refractivity contribution is 7.25. The van der Waals surface area contributed by atoms with E-state index in [2.05, 4.69) is 5.10 Å². The largest absolute Gasteiger partial charge is 0.324 e. The second-order valence-electron chi connectivity index (χ2n) is 4.27. The second kappa shape index (κ2) is 3.14. The maximum Gasteiger partial charge on any atom is 0.180 e. The van der Waals surface area contributed by atoms with Gasteiger partial charge in [-0.1, -0.05) is 6.07 Å². The highest BCUT2D eigenvalue weighted by atomic mass is 32.1. The van der Waals surface area contributed by atoms with Gasteiger partial charge in [-0.15, -0.1) is 11.3 Å². The van der Waals surface area contributed by atoms with Crippen molar-refractivity contribution in [2.45, 2.75) is 0 Å². The standard InChI is InChI=1S/C13H9N3OS/c14-16-9-2-1-3-10-12(9)13(15-16)8-5-4-7(17)6-11(8)18-10/h1-6,15H,14H2. The highest BCUT2D eigenvalue weighted by Gasteiger charge is 2.11. The van der Waals surface area contributed by atoms with Crippen molar-refractivity contribution < 1.29 is 0 Å². The van der Waals surface area contributed by atoms with Crippen molar-refractivity contribution in [2.24, 2.45) is 0 Å². The lowest BCUT2D eigenvalue weighted by atomic mass is 10.1. The van der Waals surface area contributed by atoms with Gasteiger partial charge in [-0.05, 0) is 24.3 Å². The van der Waals surface area contributed by atoms with Crippen LogP contribution in [0.3, 0.4) is 0 Å². The molecular weight excluding hydrogens is 246 g/mol. The van der Waals surface area contributed by atoms with Crippen LogP contribution < -0.4 is 11.3 Å². The van der Waals surface area contributed by atoms with E-state index in [9.17, 15) is 4.79 Å². The summed E-state index contributed by atoms with van der Waals surface area (Å²) in [6.07, 6.45) is 0. The summed E-state index contributed by atoms with van der Waals surface area (Å²) in [6, 6.07) is 11.1. The number of nitrogens with zero attached hydrogens (tertiary/aromatic N) is 1. The van der Waals surface area contributed by atoms with Crippen LogP contribution in [0.15, 0.2) is 41.2 Å². The maximum absolute atomic E-state index is 11.4. The zero-order chi connectivity index (χ0) is 12.3. The van der Waals surface area contributed by atoms with Crippen molar-refractivity contribution in [2.75, 3.05) is 5.84 Å². The third kappa shape index (κ3) is 1.11. The number of nitrogen functional groups attached to an aromatic ring is 1. The van der Waals surface area contributed by atoms with Gasteiger partial charge in [0.05, 0.1) is 11.0 Å². The normalized spacial score (nSPS) is 11.8. The van der Waals surface area contributed by atoms with Crippen molar-refractivity contribution in [3.8, 4) is 0 Å². The lowest BCUT2D eigenvalue weighted by Crippen LogP contribution is -2.08. The number of benzene rings is 2. The van der Waals surface area contributed by atoms with Crippen LogP contribution in [0.2, 0.25) is 0 Å². The number of nitrogens with one attached hydrogen (secondary N) is 1. The average molecular weight is 255 g/mol. The van der Waals surface area contributed by atoms with Gasteiger partial charge in [-0.2, -0.15) is 0 Å². The Kier molecular flexibility index (Phi) is 1.70. The summed E-state index contributed by atoms with van der Waals surface area (Å²) in [6.45, 7) is 0. The van der Waals surface area contributed by atoms with Gasteiger partial charge in [0.1, 0.15) is 0 Å². The molecule has 0 unspecified atom stereocenters. The summed E-state index contributed by atoms with van der Waals surface area (Å²) in [5, 5.41) is 5.31. The van der Waals surface area contributed by atoms with Gasteiger partial charge in [0.25, 0.3) is 0 Å². The summed E-state index contributed by atoms with van der Waals surface area (Å²) >= 11 is 1.61. The van der Waals surface area contributed by atoms with Crippen LogP contribution in [0.25, 0.3) is 31.2 Å². The lowest BCUT2D eigenvalue weighted by Gasteiger charge is -2.00. The van der Waals surface area contributed by atoms with E-state index in [1.165, 1.54) is 4.79 Å². The van der Waals surface area contributed by atoms with Gasteiger partial charge in [0, 0.05) is 26.2 Å². The first-order valence-electron chi connectivity index (χ1n) is 5.55. The first-order valence-corrected chi connectivity index (χ1v) is 6.37. The first kappa shape index (κ1) is 9.73. The minimum Gasteiger partial charge on any atom is -0.324 e. The van der Waals surface area contributed by atoms with Gasteiger partial charge in [0.2, 0.25) is 0 Å². The Labute approximate surface area is 105 Å². The predicted molar refractivity (Wildman–Crippen MR) is 75.6 cm³/mol. The topological polar surface area (TPSA) is 63.8 Å². The summed E-state index contributed by atoms with van der Waals surface area (Å²) in [5.74, 6) is 5.93. The fraction of sp³-hybridized carbons (Fsp3) is 0. The van der Waals surface area contributed by atoms with E-state index in [4.69, 9.17) is 5.84 Å². The molecule has 4 aromatic rings. The zero-order valence-electron chi connectivity index (χ0n) is 9.31. The Hall–Kier alpha value is -2.27. The molecule has 0 atom stereocenters. The SMILES string of the molecule is Nn1[nH]c2c3ccc(=O)cc3sc3cccc1c32. The van der Waals surface area contributed by atoms with Crippen molar-refractivity contribution >= 4 is 42.5 Å². The van der Waals surface area contributed by atoms with Crippen LogP contribution in [-0.4, -0.2) is 9.89 Å². The lowest BCUT2D eigenvalue weighted by molar-refractivity contribution is 0.880.